The maximum absolute atomic E-state index is 12.7. The summed E-state index contributed by atoms with van der Waals surface area (Å²) in [6.45, 7) is 4.40. The van der Waals surface area contributed by atoms with Crippen LogP contribution in [0.5, 0.6) is 11.5 Å². The minimum atomic E-state index is -0.158. The predicted octanol–water partition coefficient (Wildman–Crippen LogP) is 0.806. The van der Waals surface area contributed by atoms with E-state index >= 15 is 0 Å². The third-order valence-corrected chi connectivity index (χ3v) is 6.24. The zero-order chi connectivity index (χ0) is 18.1. The molecule has 0 spiro atoms. The van der Waals surface area contributed by atoms with E-state index in [0.717, 1.165) is 37.5 Å². The Morgan fingerprint density at radius 3 is 2.65 bits per heavy atom. The van der Waals surface area contributed by atoms with Gasteiger partial charge in [-0.1, -0.05) is 6.07 Å². The number of benzene rings is 1. The Kier molecular flexibility index (Phi) is 4.95. The van der Waals surface area contributed by atoms with Crippen LogP contribution in [0.15, 0.2) is 18.2 Å². The van der Waals surface area contributed by atoms with Gasteiger partial charge in [-0.2, -0.15) is 0 Å². The Bertz CT molecular complexity index is 706. The lowest BCUT2D eigenvalue weighted by Crippen LogP contribution is -2.50. The van der Waals surface area contributed by atoms with Gasteiger partial charge in [0, 0.05) is 26.2 Å². The molecule has 0 bridgehead atoms. The van der Waals surface area contributed by atoms with Crippen LogP contribution in [0.2, 0.25) is 0 Å². The molecule has 0 aliphatic carbocycles. The fraction of sp³-hybridized carbons (Fsp3) is 0.556. The quantitative estimate of drug-likeness (QED) is 0.777. The van der Waals surface area contributed by atoms with E-state index in [-0.39, 0.29) is 23.7 Å². The summed E-state index contributed by atoms with van der Waals surface area (Å²) in [5.74, 6) is 1.87. The molecule has 3 aliphatic rings. The molecule has 3 heterocycles. The first kappa shape index (κ1) is 17.5. The minimum Gasteiger partial charge on any atom is -0.486 e. The molecule has 1 atom stereocenters. The normalized spacial score (nSPS) is 23.4. The molecule has 8 heteroatoms. The number of thioether (sulfide) groups is 1. The number of piperazine rings is 1. The summed E-state index contributed by atoms with van der Waals surface area (Å²) < 4.78 is 11.2. The number of hydrogen-bond donors (Lipinski definition) is 0. The van der Waals surface area contributed by atoms with Crippen molar-refractivity contribution in [1.29, 1.82) is 0 Å². The third-order valence-electron chi connectivity index (χ3n) is 4.98. The second-order valence-corrected chi connectivity index (χ2v) is 7.84. The van der Waals surface area contributed by atoms with Crippen LogP contribution in [-0.2, 0) is 9.59 Å². The first-order chi connectivity index (χ1) is 12.6. The average molecular weight is 377 g/mol. The molecule has 0 aromatic heterocycles. The van der Waals surface area contributed by atoms with Crippen LogP contribution in [0.3, 0.4) is 0 Å². The van der Waals surface area contributed by atoms with Gasteiger partial charge in [-0.05, 0) is 24.7 Å². The number of nitrogens with zero attached hydrogens (tertiary/aromatic N) is 3. The van der Waals surface area contributed by atoms with E-state index < -0.39 is 0 Å². The fourth-order valence-corrected chi connectivity index (χ4v) is 4.59. The van der Waals surface area contributed by atoms with Crippen LogP contribution in [0, 0.1) is 0 Å². The number of rotatable bonds is 3. The van der Waals surface area contributed by atoms with E-state index in [2.05, 4.69) is 11.9 Å². The lowest BCUT2D eigenvalue weighted by atomic mass is 10.1. The summed E-state index contributed by atoms with van der Waals surface area (Å²) in [5.41, 5.74) is 0.969. The summed E-state index contributed by atoms with van der Waals surface area (Å²) in [5, 5.41) is -0.158. The number of amides is 2. The topological polar surface area (TPSA) is 62.3 Å². The number of ether oxygens (including phenoxy) is 2. The molecule has 26 heavy (non-hydrogen) atoms. The van der Waals surface area contributed by atoms with Gasteiger partial charge in [0.2, 0.25) is 11.8 Å². The van der Waals surface area contributed by atoms with Crippen molar-refractivity contribution in [2.45, 2.75) is 5.37 Å². The highest BCUT2D eigenvalue weighted by Crippen LogP contribution is 2.42. The Balaban J connectivity index is 1.48. The number of hydrogen-bond acceptors (Lipinski definition) is 6. The smallest absolute Gasteiger partial charge is 0.242 e. The molecule has 1 aromatic rings. The van der Waals surface area contributed by atoms with Crippen LogP contribution in [0.25, 0.3) is 0 Å². The molecular weight excluding hydrogens is 354 g/mol. The molecule has 2 saturated heterocycles. The van der Waals surface area contributed by atoms with E-state index in [1.54, 1.807) is 16.7 Å². The first-order valence-electron chi connectivity index (χ1n) is 8.89. The van der Waals surface area contributed by atoms with Crippen molar-refractivity contribution >= 4 is 23.6 Å². The highest BCUT2D eigenvalue weighted by molar-refractivity contribution is 8.00. The Labute approximate surface area is 157 Å². The van der Waals surface area contributed by atoms with Crippen LogP contribution in [-0.4, -0.2) is 85.3 Å². The average Bonchev–Trinajstić information content (AvgIpc) is 3.02. The molecule has 0 saturated carbocycles. The first-order valence-corrected chi connectivity index (χ1v) is 9.93. The van der Waals surface area contributed by atoms with Gasteiger partial charge in [-0.25, -0.2) is 0 Å². The fourth-order valence-electron chi connectivity index (χ4n) is 3.42. The molecular formula is C18H23N3O4S. The molecule has 2 fully saturated rings. The molecule has 1 aromatic carbocycles. The summed E-state index contributed by atoms with van der Waals surface area (Å²) >= 11 is 1.55. The Morgan fingerprint density at radius 1 is 1.15 bits per heavy atom. The van der Waals surface area contributed by atoms with Crippen molar-refractivity contribution in [2.75, 3.05) is 58.7 Å². The lowest BCUT2D eigenvalue weighted by Gasteiger charge is -2.34. The van der Waals surface area contributed by atoms with Crippen LogP contribution in [0.4, 0.5) is 0 Å². The predicted molar refractivity (Wildman–Crippen MR) is 98.4 cm³/mol. The number of carbonyl (C=O) groups is 2. The van der Waals surface area contributed by atoms with Crippen molar-refractivity contribution < 1.29 is 19.1 Å². The summed E-state index contributed by atoms with van der Waals surface area (Å²) in [6.07, 6.45) is 0. The van der Waals surface area contributed by atoms with E-state index in [9.17, 15) is 9.59 Å². The van der Waals surface area contributed by atoms with Gasteiger partial charge in [-0.3, -0.25) is 9.59 Å². The van der Waals surface area contributed by atoms with E-state index in [4.69, 9.17) is 9.47 Å². The second-order valence-electron chi connectivity index (χ2n) is 6.77. The van der Waals surface area contributed by atoms with Crippen molar-refractivity contribution in [1.82, 2.24) is 14.7 Å². The van der Waals surface area contributed by atoms with E-state index in [1.807, 2.05) is 23.1 Å². The molecule has 0 radical (unpaired) electrons. The van der Waals surface area contributed by atoms with Gasteiger partial charge in [0.05, 0.1) is 5.75 Å². The highest BCUT2D eigenvalue weighted by Gasteiger charge is 2.36. The molecule has 4 rings (SSSR count). The molecule has 7 nitrogen and oxygen atoms in total. The van der Waals surface area contributed by atoms with Crippen LogP contribution >= 0.6 is 11.8 Å². The number of likely N-dealkylation sites (N-methyl/N-ethyl adjacent to an activating group) is 1. The van der Waals surface area contributed by atoms with E-state index in [1.165, 1.54) is 0 Å². The van der Waals surface area contributed by atoms with Crippen LogP contribution in [0.1, 0.15) is 10.9 Å². The highest BCUT2D eigenvalue weighted by atomic mass is 32.2. The second kappa shape index (κ2) is 7.36. The maximum Gasteiger partial charge on any atom is 0.242 e. The standard InChI is InChI=1S/C18H23N3O4S/c1-19-4-6-20(7-5-19)16(22)11-21-17(23)12-26-18(21)13-2-3-14-15(10-13)25-9-8-24-14/h2-3,10,18H,4-9,11-12H2,1H3. The zero-order valence-electron chi connectivity index (χ0n) is 14.8. The molecule has 0 N–H and O–H groups in total. The van der Waals surface area contributed by atoms with Gasteiger partial charge in [0.1, 0.15) is 25.1 Å². The third kappa shape index (κ3) is 3.48. The van der Waals surface area contributed by atoms with Crippen molar-refractivity contribution in [2.24, 2.45) is 0 Å². The van der Waals surface area contributed by atoms with Gasteiger partial charge in [0.25, 0.3) is 0 Å². The zero-order valence-corrected chi connectivity index (χ0v) is 15.7. The summed E-state index contributed by atoms with van der Waals surface area (Å²) in [4.78, 5) is 30.8. The van der Waals surface area contributed by atoms with Gasteiger partial charge >= 0.3 is 0 Å². The Hall–Kier alpha value is -1.93. The minimum absolute atomic E-state index is 0.0115. The SMILES string of the molecule is CN1CCN(C(=O)CN2C(=O)CSC2c2ccc3c(c2)OCCO3)CC1. The summed E-state index contributed by atoms with van der Waals surface area (Å²) in [7, 11) is 2.06. The van der Waals surface area contributed by atoms with Crippen LogP contribution < -0.4 is 9.47 Å². The van der Waals surface area contributed by atoms with Crippen molar-refractivity contribution in [3.05, 3.63) is 23.8 Å². The van der Waals surface area contributed by atoms with Crippen molar-refractivity contribution in [3.8, 4) is 11.5 Å². The molecule has 140 valence electrons. The number of carbonyl (C=O) groups excluding carboxylic acids is 2. The van der Waals surface area contributed by atoms with Gasteiger partial charge < -0.3 is 24.2 Å². The molecule has 3 aliphatic heterocycles. The number of fused-ring (bicyclic) bond motifs is 1. The molecule has 1 unspecified atom stereocenters. The Morgan fingerprint density at radius 2 is 1.88 bits per heavy atom. The monoisotopic (exact) mass is 377 g/mol. The van der Waals surface area contributed by atoms with E-state index in [0.29, 0.717) is 24.7 Å². The van der Waals surface area contributed by atoms with Gasteiger partial charge in [0.15, 0.2) is 11.5 Å². The summed E-state index contributed by atoms with van der Waals surface area (Å²) in [6, 6.07) is 5.77. The largest absolute Gasteiger partial charge is 0.486 e. The van der Waals surface area contributed by atoms with Gasteiger partial charge in [-0.15, -0.1) is 11.8 Å². The molecule has 2 amide bonds. The van der Waals surface area contributed by atoms with Crippen molar-refractivity contribution in [3.63, 3.8) is 0 Å². The lowest BCUT2D eigenvalue weighted by molar-refractivity contribution is -0.140. The maximum atomic E-state index is 12.7.